The van der Waals surface area contributed by atoms with E-state index in [-0.39, 0.29) is 17.0 Å². The molecule has 0 radical (unpaired) electrons. The van der Waals surface area contributed by atoms with Crippen LogP contribution in [0.5, 0.6) is 0 Å². The average molecular weight is 288 g/mol. The van der Waals surface area contributed by atoms with Gasteiger partial charge in [0.2, 0.25) is 10.0 Å². The van der Waals surface area contributed by atoms with Crippen molar-refractivity contribution in [2.24, 2.45) is 0 Å². The summed E-state index contributed by atoms with van der Waals surface area (Å²) in [4.78, 5) is 2.30. The van der Waals surface area contributed by atoms with Gasteiger partial charge in [0.25, 0.3) is 0 Å². The maximum absolute atomic E-state index is 11.8. The van der Waals surface area contributed by atoms with Gasteiger partial charge in [-0.1, -0.05) is 0 Å². The minimum atomic E-state index is -3.07. The molecule has 1 saturated carbocycles. The van der Waals surface area contributed by atoms with Gasteiger partial charge in [0.15, 0.2) is 0 Å². The summed E-state index contributed by atoms with van der Waals surface area (Å²) in [6.45, 7) is 2.52. The Balaban J connectivity index is 1.54. The highest BCUT2D eigenvalue weighted by Gasteiger charge is 2.42. The van der Waals surface area contributed by atoms with Gasteiger partial charge in [-0.15, -0.1) is 0 Å². The topological polar surface area (TPSA) is 58.6 Å². The van der Waals surface area contributed by atoms with Gasteiger partial charge in [-0.3, -0.25) is 0 Å². The van der Waals surface area contributed by atoms with E-state index in [1.165, 1.54) is 0 Å². The van der Waals surface area contributed by atoms with E-state index in [1.807, 2.05) is 0 Å². The van der Waals surface area contributed by atoms with Gasteiger partial charge in [-0.25, -0.2) is 13.1 Å². The fraction of sp³-hybridized carbons (Fsp3) is 1.00. The predicted molar refractivity (Wildman–Crippen MR) is 73.5 cm³/mol. The Hall–Kier alpha value is -0.170. The number of nitrogens with zero attached hydrogens (tertiary/aromatic N) is 1. The van der Waals surface area contributed by atoms with Crippen LogP contribution in [0, 0.1) is 0 Å². The average Bonchev–Trinajstić information content (AvgIpc) is 3.15. The van der Waals surface area contributed by atoms with Crippen molar-refractivity contribution in [3.8, 4) is 0 Å². The zero-order valence-corrected chi connectivity index (χ0v) is 12.4. The van der Waals surface area contributed by atoms with E-state index in [2.05, 4.69) is 16.7 Å². The Morgan fingerprint density at radius 3 is 2.74 bits per heavy atom. The second-order valence-corrected chi connectivity index (χ2v) is 8.44. The van der Waals surface area contributed by atoms with Crippen LogP contribution in [0.3, 0.4) is 0 Å². The molecule has 0 aromatic heterocycles. The molecule has 0 bridgehead atoms. The van der Waals surface area contributed by atoms with Gasteiger partial charge in [0, 0.05) is 19.6 Å². The van der Waals surface area contributed by atoms with E-state index in [0.717, 1.165) is 51.6 Å². The van der Waals surface area contributed by atoms with E-state index in [0.29, 0.717) is 6.54 Å². The van der Waals surface area contributed by atoms with Crippen molar-refractivity contribution in [3.05, 3.63) is 0 Å². The molecular formula is C13H24N2O3S. The van der Waals surface area contributed by atoms with Crippen LogP contribution in [-0.4, -0.2) is 57.0 Å². The molecule has 2 saturated heterocycles. The Kier molecular flexibility index (Phi) is 3.62. The summed E-state index contributed by atoms with van der Waals surface area (Å²) >= 11 is 0. The highest BCUT2D eigenvalue weighted by atomic mass is 32.2. The summed E-state index contributed by atoms with van der Waals surface area (Å²) < 4.78 is 32.6. The van der Waals surface area contributed by atoms with Gasteiger partial charge >= 0.3 is 0 Å². The number of hydrogen-bond donors (Lipinski definition) is 1. The first-order valence-electron chi connectivity index (χ1n) is 7.34. The molecule has 2 atom stereocenters. The number of likely N-dealkylation sites (N-methyl/N-ethyl adjacent to an activating group) is 1. The van der Waals surface area contributed by atoms with Crippen molar-refractivity contribution in [2.45, 2.75) is 55.5 Å². The molecular weight excluding hydrogens is 264 g/mol. The van der Waals surface area contributed by atoms with Crippen LogP contribution < -0.4 is 4.72 Å². The predicted octanol–water partition coefficient (Wildman–Crippen LogP) is 0.712. The van der Waals surface area contributed by atoms with E-state index in [9.17, 15) is 8.42 Å². The lowest BCUT2D eigenvalue weighted by Crippen LogP contribution is -2.46. The molecule has 2 aliphatic heterocycles. The zero-order valence-electron chi connectivity index (χ0n) is 11.6. The van der Waals surface area contributed by atoms with Crippen LogP contribution in [0.2, 0.25) is 0 Å². The molecule has 0 unspecified atom stereocenters. The highest BCUT2D eigenvalue weighted by molar-refractivity contribution is 7.90. The minimum Gasteiger partial charge on any atom is -0.369 e. The lowest BCUT2D eigenvalue weighted by molar-refractivity contribution is -0.117. The van der Waals surface area contributed by atoms with Gasteiger partial charge in [-0.05, 0) is 45.6 Å². The van der Waals surface area contributed by atoms with E-state index in [4.69, 9.17) is 4.74 Å². The molecule has 3 fully saturated rings. The molecule has 0 aromatic carbocycles. The SMILES string of the molecule is CN1CC[C@]2(CCC[C@H](CNS(=O)(=O)C3CC3)O2)C1. The van der Waals surface area contributed by atoms with Crippen LogP contribution in [0.1, 0.15) is 38.5 Å². The molecule has 110 valence electrons. The first-order chi connectivity index (χ1) is 8.99. The lowest BCUT2D eigenvalue weighted by atomic mass is 9.90. The van der Waals surface area contributed by atoms with Gasteiger partial charge in [0.05, 0.1) is 17.0 Å². The fourth-order valence-corrected chi connectivity index (χ4v) is 4.73. The third kappa shape index (κ3) is 3.12. The van der Waals surface area contributed by atoms with Crippen molar-refractivity contribution in [1.82, 2.24) is 9.62 Å². The van der Waals surface area contributed by atoms with Crippen molar-refractivity contribution in [1.29, 1.82) is 0 Å². The minimum absolute atomic E-state index is 0.0112. The maximum Gasteiger partial charge on any atom is 0.214 e. The summed E-state index contributed by atoms with van der Waals surface area (Å²) in [5.41, 5.74) is -0.0112. The molecule has 2 heterocycles. The highest BCUT2D eigenvalue weighted by Crippen LogP contribution is 2.36. The van der Waals surface area contributed by atoms with E-state index in [1.54, 1.807) is 0 Å². The Morgan fingerprint density at radius 1 is 1.32 bits per heavy atom. The summed E-state index contributed by atoms with van der Waals surface area (Å²) in [6.07, 6.45) is 5.99. The molecule has 5 nitrogen and oxygen atoms in total. The summed E-state index contributed by atoms with van der Waals surface area (Å²) in [6, 6.07) is 0. The third-order valence-corrected chi connectivity index (χ3v) is 6.48. The number of rotatable bonds is 4. The van der Waals surface area contributed by atoms with E-state index < -0.39 is 10.0 Å². The fourth-order valence-electron chi connectivity index (χ4n) is 3.32. The smallest absolute Gasteiger partial charge is 0.214 e. The van der Waals surface area contributed by atoms with Crippen LogP contribution in [-0.2, 0) is 14.8 Å². The van der Waals surface area contributed by atoms with Gasteiger partial charge < -0.3 is 9.64 Å². The zero-order chi connectivity index (χ0) is 13.5. The van der Waals surface area contributed by atoms with Gasteiger partial charge in [-0.2, -0.15) is 0 Å². The lowest BCUT2D eigenvalue weighted by Gasteiger charge is -2.38. The normalized spacial score (nSPS) is 37.0. The second-order valence-electron chi connectivity index (χ2n) is 6.40. The van der Waals surface area contributed by atoms with Crippen LogP contribution >= 0.6 is 0 Å². The number of nitrogens with one attached hydrogen (secondary N) is 1. The number of ether oxygens (including phenoxy) is 1. The van der Waals surface area contributed by atoms with Crippen molar-refractivity contribution >= 4 is 10.0 Å². The molecule has 1 spiro atoms. The third-order valence-electron chi connectivity index (χ3n) is 4.56. The number of likely N-dealkylation sites (tertiary alicyclic amines) is 1. The van der Waals surface area contributed by atoms with Crippen molar-refractivity contribution in [2.75, 3.05) is 26.7 Å². The summed E-state index contributed by atoms with van der Waals surface area (Å²) in [5, 5.41) is -0.136. The molecule has 0 aromatic rings. The Morgan fingerprint density at radius 2 is 2.11 bits per heavy atom. The quantitative estimate of drug-likeness (QED) is 0.828. The first kappa shape index (κ1) is 13.8. The number of hydrogen-bond acceptors (Lipinski definition) is 4. The van der Waals surface area contributed by atoms with Crippen LogP contribution in [0.25, 0.3) is 0 Å². The molecule has 1 aliphatic carbocycles. The Labute approximate surface area is 115 Å². The largest absolute Gasteiger partial charge is 0.369 e. The molecule has 1 N–H and O–H groups in total. The Bertz CT molecular complexity index is 431. The maximum atomic E-state index is 11.8. The number of sulfonamides is 1. The summed E-state index contributed by atoms with van der Waals surface area (Å²) in [7, 11) is -0.950. The first-order valence-corrected chi connectivity index (χ1v) is 8.89. The van der Waals surface area contributed by atoms with Crippen molar-refractivity contribution in [3.63, 3.8) is 0 Å². The summed E-state index contributed by atoms with van der Waals surface area (Å²) in [5.74, 6) is 0. The monoisotopic (exact) mass is 288 g/mol. The molecule has 6 heteroatoms. The van der Waals surface area contributed by atoms with E-state index >= 15 is 0 Å². The van der Waals surface area contributed by atoms with Crippen LogP contribution in [0.15, 0.2) is 0 Å². The molecule has 0 amide bonds. The molecule has 3 rings (SSSR count). The van der Waals surface area contributed by atoms with Gasteiger partial charge in [0.1, 0.15) is 0 Å². The van der Waals surface area contributed by atoms with Crippen molar-refractivity contribution < 1.29 is 13.2 Å². The molecule has 19 heavy (non-hydrogen) atoms. The molecule has 3 aliphatic rings. The standard InChI is InChI=1S/C13H24N2O3S/c1-15-8-7-13(10-15)6-2-3-11(18-13)9-14-19(16,17)12-4-5-12/h11-12,14H,2-10H2,1H3/t11-,13-/m1/s1. The second kappa shape index (κ2) is 4.98. The van der Waals surface area contributed by atoms with Crippen LogP contribution in [0.4, 0.5) is 0 Å².